The topological polar surface area (TPSA) is 236 Å². The van der Waals surface area contributed by atoms with Crippen LogP contribution in [0.4, 0.5) is 0 Å². The Morgan fingerprint density at radius 3 is 2.40 bits per heavy atom. The molecule has 0 radical (unpaired) electrons. The third-order valence-corrected chi connectivity index (χ3v) is 7.28. The molecule has 0 aliphatic rings. The van der Waals surface area contributed by atoms with Gasteiger partial charge in [0, 0.05) is 18.1 Å². The molecule has 0 unspecified atom stereocenters. The number of hydrogen-bond acceptors (Lipinski definition) is 11. The van der Waals surface area contributed by atoms with E-state index in [2.05, 4.69) is 36.6 Å². The van der Waals surface area contributed by atoms with Crippen molar-refractivity contribution >= 4 is 40.2 Å². The van der Waals surface area contributed by atoms with E-state index in [1.54, 1.807) is 38.1 Å². The maximum absolute atomic E-state index is 13.7. The van der Waals surface area contributed by atoms with Crippen molar-refractivity contribution in [3.8, 4) is 5.75 Å². The molecule has 0 aliphatic heterocycles. The second-order valence-corrected chi connectivity index (χ2v) is 11.3. The van der Waals surface area contributed by atoms with Crippen LogP contribution in [0.15, 0.2) is 63.8 Å². The van der Waals surface area contributed by atoms with Crippen LogP contribution >= 0.6 is 0 Å². The zero-order valence-electron chi connectivity index (χ0n) is 26.4. The van der Waals surface area contributed by atoms with Gasteiger partial charge in [-0.2, -0.15) is 5.21 Å². The lowest BCUT2D eigenvalue weighted by molar-refractivity contribution is -0.141. The fourth-order valence-electron chi connectivity index (χ4n) is 4.87. The van der Waals surface area contributed by atoms with E-state index < -0.39 is 72.2 Å². The van der Waals surface area contributed by atoms with Gasteiger partial charge in [-0.1, -0.05) is 55.5 Å². The molecule has 5 N–H and O–H groups in total. The van der Waals surface area contributed by atoms with E-state index in [0.717, 1.165) is 11.5 Å². The summed E-state index contributed by atoms with van der Waals surface area (Å²) >= 11 is 0. The first-order chi connectivity index (χ1) is 22.9. The number of nitrogens with one attached hydrogen (secondary N) is 4. The summed E-state index contributed by atoms with van der Waals surface area (Å²) in [4.78, 5) is 76.7. The number of aliphatic carboxylic acids is 1. The van der Waals surface area contributed by atoms with Crippen molar-refractivity contribution in [1.29, 1.82) is 0 Å². The van der Waals surface area contributed by atoms with Crippen LogP contribution in [0, 0.1) is 12.8 Å². The molecule has 0 bridgehead atoms. The van der Waals surface area contributed by atoms with Crippen molar-refractivity contribution in [2.45, 2.75) is 58.2 Å². The van der Waals surface area contributed by atoms with E-state index in [1.165, 1.54) is 13.0 Å². The highest BCUT2D eigenvalue weighted by Gasteiger charge is 2.32. The minimum Gasteiger partial charge on any atom is -0.485 e. The molecule has 0 saturated carbocycles. The lowest BCUT2D eigenvalue weighted by Gasteiger charge is -2.27. The van der Waals surface area contributed by atoms with Crippen molar-refractivity contribution in [2.24, 2.45) is 5.92 Å². The van der Waals surface area contributed by atoms with Crippen LogP contribution in [-0.2, 0) is 25.6 Å². The molecule has 3 atom stereocenters. The van der Waals surface area contributed by atoms with Crippen molar-refractivity contribution in [1.82, 2.24) is 36.6 Å². The Hall–Kier alpha value is -5.93. The Labute approximate surface area is 273 Å². The van der Waals surface area contributed by atoms with Gasteiger partial charge in [0.25, 0.3) is 5.91 Å². The molecule has 0 aliphatic carbocycles. The van der Waals surface area contributed by atoms with E-state index in [-0.39, 0.29) is 24.4 Å². The Bertz CT molecular complexity index is 1830. The van der Waals surface area contributed by atoms with Crippen LogP contribution in [-0.4, -0.2) is 79.9 Å². The first kappa shape index (κ1) is 34.9. The Morgan fingerprint density at radius 1 is 0.958 bits per heavy atom. The maximum atomic E-state index is 13.7. The molecule has 0 fully saturated rings. The Morgan fingerprint density at radius 2 is 1.71 bits per heavy atom. The number of nitrogens with zero attached hydrogens (tertiary/aromatic N) is 3. The SMILES string of the molecule is Cc1cc(OCC(=O)[C@H](CC(=O)O)NC(=O)[C@@H](NC(=O)[C@H](CCc2nn[nH]n2)NC(=O)c2cccc3ccccc23)C(C)C)cc(=O)o1. The molecule has 48 heavy (non-hydrogen) atoms. The zero-order valence-corrected chi connectivity index (χ0v) is 26.4. The minimum absolute atomic E-state index is 0.0298. The molecule has 2 heterocycles. The number of hydrogen-bond donors (Lipinski definition) is 5. The largest absolute Gasteiger partial charge is 0.485 e. The average molecular weight is 662 g/mol. The zero-order chi connectivity index (χ0) is 34.8. The first-order valence-corrected chi connectivity index (χ1v) is 15.0. The van der Waals surface area contributed by atoms with Gasteiger partial charge in [0.1, 0.15) is 36.2 Å². The summed E-state index contributed by atoms with van der Waals surface area (Å²) in [5.74, 6) is -4.17. The molecule has 4 rings (SSSR count). The number of carbonyl (C=O) groups is 5. The van der Waals surface area contributed by atoms with E-state index in [1.807, 2.05) is 18.2 Å². The lowest BCUT2D eigenvalue weighted by Crippen LogP contribution is -2.58. The summed E-state index contributed by atoms with van der Waals surface area (Å²) in [5.41, 5.74) is -0.361. The first-order valence-electron chi connectivity index (χ1n) is 15.0. The standard InChI is InChI=1S/C32H35N7O9/c1-17(2)29(32(46)34-24(15-27(41)42)25(40)16-47-20-13-18(3)48-28(43)14-20)35-31(45)23(11-12-26-36-38-39-37-26)33-30(44)22-10-6-8-19-7-4-5-9-21(19)22/h4-10,13-14,17,23-24,29H,11-12,15-16H2,1-3H3,(H,33,44)(H,34,46)(H,35,45)(H,41,42)(H,36,37,38,39)/t23-,24-,29-/m0/s1. The molecule has 16 heteroatoms. The number of carbonyl (C=O) groups excluding carboxylic acids is 4. The average Bonchev–Trinajstić information content (AvgIpc) is 3.56. The Kier molecular flexibility index (Phi) is 11.7. The number of tetrazole rings is 1. The molecule has 252 valence electrons. The van der Waals surface area contributed by atoms with Gasteiger partial charge in [-0.3, -0.25) is 24.0 Å². The molecule has 3 amide bonds. The number of carboxylic acids is 1. The molecular formula is C32H35N7O9. The number of aryl methyl sites for hydroxylation is 2. The van der Waals surface area contributed by atoms with Crippen molar-refractivity contribution < 1.29 is 38.2 Å². The number of aromatic amines is 1. The van der Waals surface area contributed by atoms with Gasteiger partial charge in [-0.15, -0.1) is 10.2 Å². The quantitative estimate of drug-likeness (QED) is 0.114. The van der Waals surface area contributed by atoms with Gasteiger partial charge < -0.3 is 30.2 Å². The molecule has 2 aromatic carbocycles. The van der Waals surface area contributed by atoms with Gasteiger partial charge >= 0.3 is 11.6 Å². The monoisotopic (exact) mass is 661 g/mol. The van der Waals surface area contributed by atoms with E-state index in [4.69, 9.17) is 9.15 Å². The third-order valence-electron chi connectivity index (χ3n) is 7.28. The van der Waals surface area contributed by atoms with E-state index in [0.29, 0.717) is 16.8 Å². The molecular weight excluding hydrogens is 626 g/mol. The highest BCUT2D eigenvalue weighted by molar-refractivity contribution is 6.08. The van der Waals surface area contributed by atoms with Crippen LogP contribution in [0.25, 0.3) is 10.8 Å². The number of H-pyrrole nitrogens is 1. The van der Waals surface area contributed by atoms with Crippen LogP contribution in [0.5, 0.6) is 5.75 Å². The van der Waals surface area contributed by atoms with Crippen molar-refractivity contribution in [3.63, 3.8) is 0 Å². The highest BCUT2D eigenvalue weighted by atomic mass is 16.5. The highest BCUT2D eigenvalue weighted by Crippen LogP contribution is 2.19. The molecule has 0 spiro atoms. The fourth-order valence-corrected chi connectivity index (χ4v) is 4.87. The van der Waals surface area contributed by atoms with Crippen LogP contribution < -0.4 is 26.3 Å². The number of ketones is 1. The maximum Gasteiger partial charge on any atom is 0.339 e. The summed E-state index contributed by atoms with van der Waals surface area (Å²) in [6, 6.07) is 11.0. The molecule has 16 nitrogen and oxygen atoms in total. The lowest BCUT2D eigenvalue weighted by atomic mass is 10.00. The summed E-state index contributed by atoms with van der Waals surface area (Å²) in [5, 5.41) is 32.4. The Balaban J connectivity index is 1.49. The normalized spacial score (nSPS) is 12.9. The van der Waals surface area contributed by atoms with Gasteiger partial charge in [-0.05, 0) is 36.1 Å². The number of carboxylic acid groups (broad SMARTS) is 1. The van der Waals surface area contributed by atoms with Crippen LogP contribution in [0.1, 0.15) is 48.6 Å². The summed E-state index contributed by atoms with van der Waals surface area (Å²) in [6.07, 6.45) is -0.568. The van der Waals surface area contributed by atoms with Crippen molar-refractivity contribution in [2.75, 3.05) is 6.61 Å². The summed E-state index contributed by atoms with van der Waals surface area (Å²) < 4.78 is 10.2. The van der Waals surface area contributed by atoms with Gasteiger partial charge in [0.15, 0.2) is 11.6 Å². The summed E-state index contributed by atoms with van der Waals surface area (Å²) in [7, 11) is 0. The summed E-state index contributed by atoms with van der Waals surface area (Å²) in [6.45, 7) is 4.15. The van der Waals surface area contributed by atoms with Crippen LogP contribution in [0.3, 0.4) is 0 Å². The van der Waals surface area contributed by atoms with Gasteiger partial charge in [-0.25, -0.2) is 4.79 Å². The second-order valence-electron chi connectivity index (χ2n) is 11.3. The number of Topliss-reactive ketones (excluding diaryl/α,β-unsaturated/α-hetero) is 1. The third kappa shape index (κ3) is 9.54. The fraction of sp³-hybridized carbons (Fsp3) is 0.344. The van der Waals surface area contributed by atoms with E-state index >= 15 is 0 Å². The smallest absolute Gasteiger partial charge is 0.339 e. The number of ether oxygens (including phenoxy) is 1. The molecule has 0 saturated heterocycles. The molecule has 2 aromatic heterocycles. The predicted octanol–water partition coefficient (Wildman–Crippen LogP) is 1.09. The number of rotatable bonds is 16. The molecule has 4 aromatic rings. The number of amides is 3. The number of aromatic nitrogens is 4. The van der Waals surface area contributed by atoms with Gasteiger partial charge in [0.05, 0.1) is 12.5 Å². The van der Waals surface area contributed by atoms with Crippen LogP contribution in [0.2, 0.25) is 0 Å². The van der Waals surface area contributed by atoms with Crippen molar-refractivity contribution in [3.05, 3.63) is 82.2 Å². The number of benzene rings is 2. The second kappa shape index (κ2) is 16.1. The predicted molar refractivity (Wildman–Crippen MR) is 169 cm³/mol. The van der Waals surface area contributed by atoms with Gasteiger partial charge in [0.2, 0.25) is 11.8 Å². The van der Waals surface area contributed by atoms with E-state index in [9.17, 15) is 33.9 Å². The minimum atomic E-state index is -1.52. The number of fused-ring (bicyclic) bond motifs is 1.